The summed E-state index contributed by atoms with van der Waals surface area (Å²) in [4.78, 5) is 32.8. The van der Waals surface area contributed by atoms with Crippen molar-refractivity contribution in [3.05, 3.63) is 52.2 Å². The largest absolute Gasteiger partial charge is 0.369 e. The number of piperazine rings is 1. The van der Waals surface area contributed by atoms with Gasteiger partial charge in [-0.25, -0.2) is 0 Å². The molecule has 154 valence electrons. The highest BCUT2D eigenvalue weighted by atomic mass is 32.1. The minimum atomic E-state index is -0.375. The Morgan fingerprint density at radius 1 is 1.07 bits per heavy atom. The molecule has 2 aliphatic rings. The number of thiophene rings is 1. The second kappa shape index (κ2) is 8.97. The van der Waals surface area contributed by atoms with Crippen molar-refractivity contribution in [3.63, 3.8) is 0 Å². The lowest BCUT2D eigenvalue weighted by atomic mass is 10.1. The zero-order valence-electron chi connectivity index (χ0n) is 16.8. The van der Waals surface area contributed by atoms with Gasteiger partial charge in [-0.05, 0) is 43.0 Å². The average Bonchev–Trinajstić information content (AvgIpc) is 3.44. The molecular formula is C22H28N4O2S. The molecule has 0 unspecified atom stereocenters. The predicted octanol–water partition coefficient (Wildman–Crippen LogP) is 2.42. The second-order valence-corrected chi connectivity index (χ2v) is 8.72. The van der Waals surface area contributed by atoms with Crippen molar-refractivity contribution in [2.24, 2.45) is 0 Å². The van der Waals surface area contributed by atoms with Gasteiger partial charge in [0.2, 0.25) is 5.91 Å². The summed E-state index contributed by atoms with van der Waals surface area (Å²) in [7, 11) is 2.15. The van der Waals surface area contributed by atoms with E-state index in [4.69, 9.17) is 0 Å². The third-order valence-electron chi connectivity index (χ3n) is 5.84. The molecule has 0 spiro atoms. The number of anilines is 1. The van der Waals surface area contributed by atoms with E-state index in [1.54, 1.807) is 4.90 Å². The summed E-state index contributed by atoms with van der Waals surface area (Å²) < 4.78 is 0. The summed E-state index contributed by atoms with van der Waals surface area (Å²) in [5, 5.41) is 4.99. The Bertz CT molecular complexity index is 846. The third-order valence-corrected chi connectivity index (χ3v) is 6.69. The van der Waals surface area contributed by atoms with Crippen molar-refractivity contribution >= 4 is 28.8 Å². The first-order valence-corrected chi connectivity index (χ1v) is 11.1. The van der Waals surface area contributed by atoms with Crippen molar-refractivity contribution in [2.75, 3.05) is 44.7 Å². The Morgan fingerprint density at radius 3 is 2.62 bits per heavy atom. The van der Waals surface area contributed by atoms with Crippen LogP contribution in [0.1, 0.15) is 28.1 Å². The number of rotatable bonds is 5. The molecule has 2 aromatic rings. The number of hydrogen-bond acceptors (Lipinski definition) is 5. The topological polar surface area (TPSA) is 55.9 Å². The van der Waals surface area contributed by atoms with Gasteiger partial charge < -0.3 is 20.0 Å². The van der Waals surface area contributed by atoms with Gasteiger partial charge in [0.1, 0.15) is 6.04 Å². The lowest BCUT2D eigenvalue weighted by Crippen LogP contribution is -2.46. The van der Waals surface area contributed by atoms with E-state index in [0.29, 0.717) is 18.0 Å². The van der Waals surface area contributed by atoms with E-state index in [1.165, 1.54) is 17.0 Å². The summed E-state index contributed by atoms with van der Waals surface area (Å²) in [5.41, 5.74) is 2.32. The fourth-order valence-electron chi connectivity index (χ4n) is 4.14. The highest BCUT2D eigenvalue weighted by Crippen LogP contribution is 2.24. The molecule has 0 saturated carbocycles. The van der Waals surface area contributed by atoms with Gasteiger partial charge in [-0.15, -0.1) is 11.3 Å². The van der Waals surface area contributed by atoms with Crippen molar-refractivity contribution < 1.29 is 9.59 Å². The van der Waals surface area contributed by atoms with Crippen LogP contribution in [0.5, 0.6) is 0 Å². The van der Waals surface area contributed by atoms with E-state index in [2.05, 4.69) is 40.4 Å². The van der Waals surface area contributed by atoms with E-state index in [0.717, 1.165) is 44.6 Å². The molecule has 1 N–H and O–H groups in total. The number of likely N-dealkylation sites (N-methyl/N-ethyl adjacent to an activating group) is 1. The number of nitrogens with zero attached hydrogens (tertiary/aromatic N) is 3. The molecule has 2 aliphatic heterocycles. The molecular weight excluding hydrogens is 384 g/mol. The molecule has 3 heterocycles. The Morgan fingerprint density at radius 2 is 1.86 bits per heavy atom. The van der Waals surface area contributed by atoms with Crippen LogP contribution in [0.15, 0.2) is 41.8 Å². The minimum Gasteiger partial charge on any atom is -0.369 e. The van der Waals surface area contributed by atoms with Gasteiger partial charge in [0.15, 0.2) is 0 Å². The Labute approximate surface area is 176 Å². The SMILES string of the molecule is CN1CCN(c2ccccc2CNC(=O)[C@@H]2CCCN2C(=O)c2cccs2)CC1. The molecule has 0 aliphatic carbocycles. The molecule has 1 aromatic heterocycles. The minimum absolute atomic E-state index is 0.0320. The monoisotopic (exact) mass is 412 g/mol. The highest BCUT2D eigenvalue weighted by Gasteiger charge is 2.34. The number of likely N-dealkylation sites (tertiary alicyclic amines) is 1. The maximum Gasteiger partial charge on any atom is 0.264 e. The standard InChI is InChI=1S/C22H28N4O2S/c1-24-11-13-25(14-12-24)18-7-3-2-6-17(18)16-23-21(27)19-8-4-10-26(19)22(28)20-9-5-15-29-20/h2-3,5-7,9,15,19H,4,8,10-14,16H2,1H3,(H,23,27)/t19-/m0/s1. The number of para-hydroxylation sites is 1. The summed E-state index contributed by atoms with van der Waals surface area (Å²) >= 11 is 1.43. The smallest absolute Gasteiger partial charge is 0.264 e. The van der Waals surface area contributed by atoms with Crippen LogP contribution in [0.25, 0.3) is 0 Å². The van der Waals surface area contributed by atoms with Crippen LogP contribution in [-0.2, 0) is 11.3 Å². The molecule has 0 radical (unpaired) electrons. The van der Waals surface area contributed by atoms with Crippen molar-refractivity contribution in [3.8, 4) is 0 Å². The normalized spacial score (nSPS) is 20.1. The number of benzene rings is 1. The summed E-state index contributed by atoms with van der Waals surface area (Å²) in [6, 6.07) is 11.6. The van der Waals surface area contributed by atoms with Crippen molar-refractivity contribution in [2.45, 2.75) is 25.4 Å². The van der Waals surface area contributed by atoms with Crippen LogP contribution >= 0.6 is 11.3 Å². The molecule has 2 saturated heterocycles. The van der Waals surface area contributed by atoms with Gasteiger partial charge in [0, 0.05) is 45.0 Å². The lowest BCUT2D eigenvalue weighted by molar-refractivity contribution is -0.125. The molecule has 6 nitrogen and oxygen atoms in total. The van der Waals surface area contributed by atoms with Crippen LogP contribution in [0.4, 0.5) is 5.69 Å². The van der Waals surface area contributed by atoms with Gasteiger partial charge in [0.25, 0.3) is 5.91 Å². The molecule has 7 heteroatoms. The number of nitrogens with one attached hydrogen (secondary N) is 1. The molecule has 2 fully saturated rings. The van der Waals surface area contributed by atoms with Crippen LogP contribution in [0, 0.1) is 0 Å². The fourth-order valence-corrected chi connectivity index (χ4v) is 4.82. The Hall–Kier alpha value is -2.38. The van der Waals surface area contributed by atoms with E-state index in [-0.39, 0.29) is 17.9 Å². The van der Waals surface area contributed by atoms with Crippen LogP contribution in [0.3, 0.4) is 0 Å². The second-order valence-electron chi connectivity index (χ2n) is 7.77. The van der Waals surface area contributed by atoms with Crippen molar-refractivity contribution in [1.29, 1.82) is 0 Å². The molecule has 29 heavy (non-hydrogen) atoms. The summed E-state index contributed by atoms with van der Waals surface area (Å²) in [6.07, 6.45) is 1.59. The first-order chi connectivity index (χ1) is 14.1. The van der Waals surface area contributed by atoms with Crippen LogP contribution < -0.4 is 10.2 Å². The molecule has 1 atom stereocenters. The molecule has 2 amide bonds. The van der Waals surface area contributed by atoms with Gasteiger partial charge in [-0.1, -0.05) is 24.3 Å². The Kier molecular flexibility index (Phi) is 6.16. The van der Waals surface area contributed by atoms with Crippen LogP contribution in [0.2, 0.25) is 0 Å². The first kappa shape index (κ1) is 19.9. The lowest BCUT2D eigenvalue weighted by Gasteiger charge is -2.35. The number of carbonyl (C=O) groups is 2. The number of hydrogen-bond donors (Lipinski definition) is 1. The quantitative estimate of drug-likeness (QED) is 0.820. The van der Waals surface area contributed by atoms with E-state index < -0.39 is 0 Å². The van der Waals surface area contributed by atoms with Gasteiger partial charge in [0.05, 0.1) is 4.88 Å². The van der Waals surface area contributed by atoms with Crippen molar-refractivity contribution in [1.82, 2.24) is 15.1 Å². The van der Waals surface area contributed by atoms with E-state index >= 15 is 0 Å². The van der Waals surface area contributed by atoms with Gasteiger partial charge >= 0.3 is 0 Å². The van der Waals surface area contributed by atoms with E-state index in [9.17, 15) is 9.59 Å². The predicted molar refractivity (Wildman–Crippen MR) is 116 cm³/mol. The maximum atomic E-state index is 12.9. The molecule has 0 bridgehead atoms. The molecule has 4 rings (SSSR count). The number of amides is 2. The first-order valence-electron chi connectivity index (χ1n) is 10.3. The number of carbonyl (C=O) groups excluding carboxylic acids is 2. The summed E-state index contributed by atoms with van der Waals surface area (Å²) in [6.45, 7) is 5.21. The third kappa shape index (κ3) is 4.46. The zero-order valence-corrected chi connectivity index (χ0v) is 17.7. The summed E-state index contributed by atoms with van der Waals surface area (Å²) in [5.74, 6) is -0.0870. The maximum absolute atomic E-state index is 12.9. The highest BCUT2D eigenvalue weighted by molar-refractivity contribution is 7.12. The van der Waals surface area contributed by atoms with Gasteiger partial charge in [-0.2, -0.15) is 0 Å². The van der Waals surface area contributed by atoms with E-state index in [1.807, 2.05) is 23.6 Å². The fraction of sp³-hybridized carbons (Fsp3) is 0.455. The van der Waals surface area contributed by atoms with Gasteiger partial charge in [-0.3, -0.25) is 9.59 Å². The average molecular weight is 413 g/mol. The Balaban J connectivity index is 1.40. The zero-order chi connectivity index (χ0) is 20.2. The van der Waals surface area contributed by atoms with Crippen LogP contribution in [-0.4, -0.2) is 67.4 Å². The molecule has 1 aromatic carbocycles.